The van der Waals surface area contributed by atoms with Crippen LogP contribution in [0, 0.1) is 0 Å². The first-order chi connectivity index (χ1) is 13.2. The van der Waals surface area contributed by atoms with Crippen molar-refractivity contribution in [1.82, 2.24) is 9.71 Å². The second-order valence-electron chi connectivity index (χ2n) is 7.03. The van der Waals surface area contributed by atoms with Crippen LogP contribution >= 0.6 is 11.9 Å². The van der Waals surface area contributed by atoms with Crippen molar-refractivity contribution >= 4 is 29.1 Å². The Morgan fingerprint density at radius 1 is 0.963 bits per heavy atom. The van der Waals surface area contributed by atoms with E-state index in [1.165, 1.54) is 38.5 Å². The summed E-state index contributed by atoms with van der Waals surface area (Å²) in [5.41, 5.74) is 16.2. The number of pyridine rings is 1. The number of hydrogen-bond donors (Lipinski definition) is 4. The van der Waals surface area contributed by atoms with Crippen LogP contribution in [-0.4, -0.2) is 17.1 Å². The molecule has 146 valence electrons. The molecule has 6 heteroatoms. The maximum Gasteiger partial charge on any atom is 0.138 e. The molecule has 2 aliphatic carbocycles. The van der Waals surface area contributed by atoms with Gasteiger partial charge in [0.15, 0.2) is 0 Å². The summed E-state index contributed by atoms with van der Waals surface area (Å²) in [5.74, 6) is 0.571. The molecule has 0 saturated heterocycles. The first-order valence-corrected chi connectivity index (χ1v) is 10.8. The summed E-state index contributed by atoms with van der Waals surface area (Å²) in [6.45, 7) is 4.00. The lowest BCUT2D eigenvalue weighted by Gasteiger charge is -2.17. The number of benzene rings is 1. The van der Waals surface area contributed by atoms with Crippen LogP contribution in [0.5, 0.6) is 0 Å². The maximum absolute atomic E-state index is 6.18. The predicted molar refractivity (Wildman–Crippen MR) is 118 cm³/mol. The Labute approximate surface area is 166 Å². The van der Waals surface area contributed by atoms with Gasteiger partial charge in [-0.2, -0.15) is 0 Å². The van der Waals surface area contributed by atoms with Crippen molar-refractivity contribution in [2.45, 2.75) is 69.4 Å². The fourth-order valence-corrected chi connectivity index (χ4v) is 4.07. The van der Waals surface area contributed by atoms with Gasteiger partial charge in [-0.05, 0) is 61.4 Å². The summed E-state index contributed by atoms with van der Waals surface area (Å²) >= 11 is 1.58. The van der Waals surface area contributed by atoms with Gasteiger partial charge < -0.3 is 16.8 Å². The molecule has 1 heterocycles. The highest BCUT2D eigenvalue weighted by Crippen LogP contribution is 2.33. The molecule has 0 radical (unpaired) electrons. The number of nitrogen functional groups attached to an aromatic ring is 2. The predicted octanol–water partition coefficient (Wildman–Crippen LogP) is 5.05. The molecule has 0 amide bonds. The van der Waals surface area contributed by atoms with Crippen LogP contribution in [0.15, 0.2) is 35.4 Å². The number of hydrogen-bond acceptors (Lipinski definition) is 6. The number of nitrogens with one attached hydrogen (secondary N) is 2. The van der Waals surface area contributed by atoms with Gasteiger partial charge in [-0.1, -0.05) is 32.8 Å². The summed E-state index contributed by atoms with van der Waals surface area (Å²) < 4.78 is 3.43. The van der Waals surface area contributed by atoms with Gasteiger partial charge in [-0.15, -0.1) is 0 Å². The number of anilines is 3. The van der Waals surface area contributed by atoms with Gasteiger partial charge in [0.05, 0.1) is 16.3 Å². The van der Waals surface area contributed by atoms with E-state index in [2.05, 4.69) is 27.2 Å². The highest BCUT2D eigenvalue weighted by atomic mass is 32.2. The van der Waals surface area contributed by atoms with Crippen LogP contribution in [0.25, 0.3) is 11.1 Å². The lowest BCUT2D eigenvalue weighted by atomic mass is 10.1. The largest absolute Gasteiger partial charge is 0.397 e. The van der Waals surface area contributed by atoms with Gasteiger partial charge in [0.2, 0.25) is 0 Å². The number of nitrogens with two attached hydrogens (primary N) is 2. The van der Waals surface area contributed by atoms with Gasteiger partial charge in [0, 0.05) is 23.8 Å². The maximum atomic E-state index is 6.18. The summed E-state index contributed by atoms with van der Waals surface area (Å²) in [6.07, 6.45) is 9.37. The van der Waals surface area contributed by atoms with E-state index in [4.69, 9.17) is 11.5 Å². The van der Waals surface area contributed by atoms with Crippen molar-refractivity contribution in [2.24, 2.45) is 0 Å². The molecule has 2 fully saturated rings. The summed E-state index contributed by atoms with van der Waals surface area (Å²) in [5, 5.41) is 3.61. The van der Waals surface area contributed by atoms with E-state index in [0.717, 1.165) is 27.4 Å². The first-order valence-electron chi connectivity index (χ1n) is 10.0. The quantitative estimate of drug-likeness (QED) is 0.411. The minimum absolute atomic E-state index is 0.538. The molecule has 2 saturated carbocycles. The Hall–Kier alpha value is -1.92. The molecule has 0 atom stereocenters. The molecule has 0 spiro atoms. The Bertz CT molecular complexity index is 754. The Morgan fingerprint density at radius 3 is 2.41 bits per heavy atom. The molecule has 5 nitrogen and oxygen atoms in total. The van der Waals surface area contributed by atoms with Crippen molar-refractivity contribution in [2.75, 3.05) is 16.8 Å². The molecule has 27 heavy (non-hydrogen) atoms. The third kappa shape index (κ3) is 5.30. The SMILES string of the molecule is CC.Nc1ccc(-c2cnc(N)c(SNC3CC3)c2)cc1NC1CCCC1. The molecule has 0 aliphatic heterocycles. The van der Waals surface area contributed by atoms with Crippen LogP contribution < -0.4 is 21.5 Å². The Morgan fingerprint density at radius 2 is 1.70 bits per heavy atom. The van der Waals surface area contributed by atoms with Crippen LogP contribution in [0.1, 0.15) is 52.4 Å². The van der Waals surface area contributed by atoms with Crippen molar-refractivity contribution in [3.8, 4) is 11.1 Å². The molecule has 4 rings (SSSR count). The minimum atomic E-state index is 0.538. The molecular formula is C21H31N5S. The van der Waals surface area contributed by atoms with Crippen LogP contribution in [0.2, 0.25) is 0 Å². The van der Waals surface area contributed by atoms with Crippen LogP contribution in [-0.2, 0) is 0 Å². The highest BCUT2D eigenvalue weighted by molar-refractivity contribution is 7.97. The summed E-state index contributed by atoms with van der Waals surface area (Å²) in [6, 6.07) is 9.41. The number of nitrogens with zero attached hydrogens (tertiary/aromatic N) is 1. The fourth-order valence-electron chi connectivity index (χ4n) is 3.19. The Kier molecular flexibility index (Phi) is 6.85. The lowest BCUT2D eigenvalue weighted by molar-refractivity contribution is 0.756. The van der Waals surface area contributed by atoms with Crippen molar-refractivity contribution < 1.29 is 0 Å². The number of aromatic nitrogens is 1. The summed E-state index contributed by atoms with van der Waals surface area (Å²) in [4.78, 5) is 5.35. The van der Waals surface area contributed by atoms with Gasteiger partial charge in [0.1, 0.15) is 5.82 Å². The van der Waals surface area contributed by atoms with Crippen molar-refractivity contribution in [3.63, 3.8) is 0 Å². The molecule has 1 aromatic carbocycles. The van der Waals surface area contributed by atoms with E-state index >= 15 is 0 Å². The lowest BCUT2D eigenvalue weighted by Crippen LogP contribution is -2.15. The van der Waals surface area contributed by atoms with Gasteiger partial charge in [-0.3, -0.25) is 4.72 Å². The van der Waals surface area contributed by atoms with E-state index < -0.39 is 0 Å². The molecule has 6 N–H and O–H groups in total. The zero-order valence-corrected chi connectivity index (χ0v) is 17.1. The molecule has 2 aliphatic rings. The monoisotopic (exact) mass is 385 g/mol. The molecule has 0 unspecified atom stereocenters. The summed E-state index contributed by atoms with van der Waals surface area (Å²) in [7, 11) is 0. The zero-order chi connectivity index (χ0) is 19.2. The Balaban J connectivity index is 0.00000102. The second kappa shape index (κ2) is 9.33. The van der Waals surface area contributed by atoms with Gasteiger partial charge in [0.25, 0.3) is 0 Å². The normalized spacial score (nSPS) is 16.7. The highest BCUT2D eigenvalue weighted by Gasteiger charge is 2.21. The van der Waals surface area contributed by atoms with Crippen LogP contribution in [0.4, 0.5) is 17.2 Å². The van der Waals surface area contributed by atoms with E-state index in [9.17, 15) is 0 Å². The van der Waals surface area contributed by atoms with Crippen molar-refractivity contribution in [3.05, 3.63) is 30.5 Å². The van der Waals surface area contributed by atoms with E-state index in [0.29, 0.717) is 17.9 Å². The number of rotatable bonds is 6. The standard InChI is InChI=1S/C19H25N5S.C2H6/c20-16-8-5-12(9-17(16)23-14-3-1-2-4-14)13-10-18(19(21)22-11-13)25-24-15-6-7-15;1-2/h5,8-11,14-15,23-24H,1-4,6-7,20H2,(H2,21,22);1-2H3. The molecule has 2 aromatic rings. The van der Waals surface area contributed by atoms with E-state index in [1.807, 2.05) is 32.2 Å². The molecule has 1 aromatic heterocycles. The van der Waals surface area contributed by atoms with Gasteiger partial charge >= 0.3 is 0 Å². The molecule has 0 bridgehead atoms. The first kappa shape index (κ1) is 19.8. The smallest absolute Gasteiger partial charge is 0.138 e. The third-order valence-corrected chi connectivity index (χ3v) is 5.89. The van der Waals surface area contributed by atoms with Crippen molar-refractivity contribution in [1.29, 1.82) is 0 Å². The topological polar surface area (TPSA) is 89.0 Å². The average molecular weight is 386 g/mol. The average Bonchev–Trinajstić information content (AvgIpc) is 3.39. The van der Waals surface area contributed by atoms with Gasteiger partial charge in [-0.25, -0.2) is 4.98 Å². The zero-order valence-electron chi connectivity index (χ0n) is 16.3. The van der Waals surface area contributed by atoms with E-state index in [-0.39, 0.29) is 0 Å². The van der Waals surface area contributed by atoms with E-state index in [1.54, 1.807) is 11.9 Å². The second-order valence-corrected chi connectivity index (χ2v) is 7.91. The van der Waals surface area contributed by atoms with Crippen LogP contribution in [0.3, 0.4) is 0 Å². The fraction of sp³-hybridized carbons (Fsp3) is 0.476. The minimum Gasteiger partial charge on any atom is -0.397 e. The molecular weight excluding hydrogens is 354 g/mol. The third-order valence-electron chi connectivity index (χ3n) is 4.90.